The molecular formula is C28H31ClN4O5. The van der Waals surface area contributed by atoms with Gasteiger partial charge in [-0.3, -0.25) is 0 Å². The minimum atomic E-state index is -0.809. The number of methoxy groups -OCH3 is 1. The second kappa shape index (κ2) is 10.4. The lowest BCUT2D eigenvalue weighted by Crippen LogP contribution is -2.46. The smallest absolute Gasteiger partial charge is 0.339 e. The molecule has 2 aliphatic rings. The van der Waals surface area contributed by atoms with E-state index in [2.05, 4.69) is 15.1 Å². The molecule has 200 valence electrons. The minimum Gasteiger partial charge on any atom is -0.512 e. The maximum Gasteiger partial charge on any atom is 0.339 e. The van der Waals surface area contributed by atoms with E-state index in [0.717, 1.165) is 42.6 Å². The van der Waals surface area contributed by atoms with E-state index in [1.165, 1.54) is 7.11 Å². The molecule has 10 heteroatoms. The molecule has 1 unspecified atom stereocenters. The van der Waals surface area contributed by atoms with Crippen LogP contribution in [0.5, 0.6) is 0 Å². The molecule has 1 fully saturated rings. The molecular weight excluding hydrogens is 508 g/mol. The van der Waals surface area contributed by atoms with Gasteiger partial charge >= 0.3 is 11.9 Å². The number of aryl methyl sites for hydroxylation is 3. The Hall–Kier alpha value is -3.46. The summed E-state index contributed by atoms with van der Waals surface area (Å²) in [6, 6.07) is 7.13. The predicted octanol–water partition coefficient (Wildman–Crippen LogP) is 5.04. The molecule has 2 aromatic heterocycles. The Bertz CT molecular complexity index is 1440. The summed E-state index contributed by atoms with van der Waals surface area (Å²) < 4.78 is 12.6. The van der Waals surface area contributed by atoms with Gasteiger partial charge < -0.3 is 14.6 Å². The van der Waals surface area contributed by atoms with Crippen molar-refractivity contribution in [3.05, 3.63) is 69.0 Å². The fourth-order valence-corrected chi connectivity index (χ4v) is 6.05. The van der Waals surface area contributed by atoms with Gasteiger partial charge in [-0.05, 0) is 69.2 Å². The van der Waals surface area contributed by atoms with Gasteiger partial charge in [-0.1, -0.05) is 30.5 Å². The molecule has 0 spiro atoms. The lowest BCUT2D eigenvalue weighted by Gasteiger charge is -2.41. The first-order valence-corrected chi connectivity index (χ1v) is 13.3. The Kier molecular flexibility index (Phi) is 7.13. The SMILES string of the molecule is COC(=O)c1ccc(CCC2(C3CCCC3)CC(O)=C(Cc3nc4nc(C)cc(C)n4n3)C(=O)O2)cc1Cl. The number of aromatic nitrogens is 4. The Morgan fingerprint density at radius 3 is 2.68 bits per heavy atom. The average molecular weight is 539 g/mol. The van der Waals surface area contributed by atoms with Crippen molar-refractivity contribution in [3.63, 3.8) is 0 Å². The van der Waals surface area contributed by atoms with Gasteiger partial charge in [0.2, 0.25) is 0 Å². The van der Waals surface area contributed by atoms with Gasteiger partial charge in [-0.2, -0.15) is 4.98 Å². The van der Waals surface area contributed by atoms with E-state index in [1.807, 2.05) is 26.0 Å². The summed E-state index contributed by atoms with van der Waals surface area (Å²) in [6.07, 6.45) is 5.44. The van der Waals surface area contributed by atoms with Crippen molar-refractivity contribution in [1.82, 2.24) is 19.6 Å². The molecule has 1 saturated carbocycles. The van der Waals surface area contributed by atoms with Crippen molar-refractivity contribution in [2.45, 2.75) is 70.8 Å². The number of aliphatic hydroxyl groups is 1. The third-order valence-electron chi connectivity index (χ3n) is 7.73. The minimum absolute atomic E-state index is 0.0342. The maximum absolute atomic E-state index is 13.3. The normalized spacial score (nSPS) is 20.3. The second-order valence-electron chi connectivity index (χ2n) is 10.3. The van der Waals surface area contributed by atoms with Gasteiger partial charge in [-0.25, -0.2) is 19.1 Å². The number of fused-ring (bicyclic) bond motifs is 1. The summed E-state index contributed by atoms with van der Waals surface area (Å²) in [4.78, 5) is 34.1. The van der Waals surface area contributed by atoms with E-state index in [1.54, 1.807) is 16.6 Å². The molecule has 0 bridgehead atoms. The molecule has 5 rings (SSSR count). The quantitative estimate of drug-likeness (QED) is 0.416. The lowest BCUT2D eigenvalue weighted by molar-refractivity contribution is -0.167. The molecule has 1 aliphatic heterocycles. The van der Waals surface area contributed by atoms with Crippen molar-refractivity contribution in [2.24, 2.45) is 5.92 Å². The van der Waals surface area contributed by atoms with Gasteiger partial charge in [0, 0.05) is 24.2 Å². The summed E-state index contributed by atoms with van der Waals surface area (Å²) in [5.41, 5.74) is 2.31. The number of carbonyl (C=O) groups excluding carboxylic acids is 2. The topological polar surface area (TPSA) is 116 Å². The molecule has 1 N–H and O–H groups in total. The highest BCUT2D eigenvalue weighted by molar-refractivity contribution is 6.33. The first-order valence-electron chi connectivity index (χ1n) is 12.9. The fourth-order valence-electron chi connectivity index (χ4n) is 5.77. The number of benzene rings is 1. The maximum atomic E-state index is 13.3. The highest BCUT2D eigenvalue weighted by Gasteiger charge is 2.48. The first kappa shape index (κ1) is 26.2. The number of aliphatic hydroxyl groups excluding tert-OH is 1. The third-order valence-corrected chi connectivity index (χ3v) is 8.04. The molecule has 0 amide bonds. The van der Waals surface area contributed by atoms with Crippen molar-refractivity contribution < 1.29 is 24.2 Å². The highest BCUT2D eigenvalue weighted by Crippen LogP contribution is 2.46. The van der Waals surface area contributed by atoms with Crippen LogP contribution in [0.2, 0.25) is 5.02 Å². The Labute approximate surface area is 225 Å². The molecule has 0 radical (unpaired) electrons. The van der Waals surface area contributed by atoms with Crippen LogP contribution in [0.3, 0.4) is 0 Å². The molecule has 3 aromatic rings. The van der Waals surface area contributed by atoms with Crippen LogP contribution >= 0.6 is 11.6 Å². The van der Waals surface area contributed by atoms with E-state index in [0.29, 0.717) is 35.0 Å². The summed E-state index contributed by atoms with van der Waals surface area (Å²) >= 11 is 6.32. The summed E-state index contributed by atoms with van der Waals surface area (Å²) in [7, 11) is 1.31. The van der Waals surface area contributed by atoms with Crippen LogP contribution in [-0.2, 0) is 27.1 Å². The van der Waals surface area contributed by atoms with E-state index in [9.17, 15) is 14.7 Å². The molecule has 9 nitrogen and oxygen atoms in total. The van der Waals surface area contributed by atoms with Crippen LogP contribution in [0.25, 0.3) is 5.78 Å². The van der Waals surface area contributed by atoms with E-state index >= 15 is 0 Å². The molecule has 3 heterocycles. The summed E-state index contributed by atoms with van der Waals surface area (Å²) in [5, 5.41) is 16.0. The van der Waals surface area contributed by atoms with Gasteiger partial charge in [0.05, 0.1) is 23.3 Å². The zero-order valence-corrected chi connectivity index (χ0v) is 22.5. The number of halogens is 1. The van der Waals surface area contributed by atoms with Gasteiger partial charge in [0.15, 0.2) is 5.82 Å². The van der Waals surface area contributed by atoms with Crippen LogP contribution < -0.4 is 0 Å². The monoisotopic (exact) mass is 538 g/mol. The van der Waals surface area contributed by atoms with Crippen LogP contribution in [0.15, 0.2) is 35.6 Å². The lowest BCUT2D eigenvalue weighted by atomic mass is 9.76. The van der Waals surface area contributed by atoms with Gasteiger partial charge in [0.25, 0.3) is 5.78 Å². The van der Waals surface area contributed by atoms with Crippen LogP contribution in [0.1, 0.15) is 71.7 Å². The molecule has 0 saturated heterocycles. The number of nitrogens with zero attached hydrogens (tertiary/aromatic N) is 4. The Morgan fingerprint density at radius 2 is 2.00 bits per heavy atom. The number of cyclic esters (lactones) is 1. The largest absolute Gasteiger partial charge is 0.512 e. The number of esters is 2. The summed E-state index contributed by atoms with van der Waals surface area (Å²) in [5.74, 6) is 0.0285. The Balaban J connectivity index is 1.39. The first-order chi connectivity index (χ1) is 18.2. The van der Waals surface area contributed by atoms with Crippen LogP contribution in [0.4, 0.5) is 0 Å². The number of hydrogen-bond donors (Lipinski definition) is 1. The number of rotatable bonds is 7. The standard InChI is InChI=1S/C28H31ClN4O5/c1-16-12-17(2)33-27(30-16)31-24(32-33)14-21-23(34)15-28(38-26(21)36,19-6-4-5-7-19)11-10-18-8-9-20(22(29)13-18)25(35)37-3/h8-9,12-13,19,34H,4-7,10-11,14-15H2,1-3H3. The average Bonchev–Trinajstić information content (AvgIpc) is 3.55. The van der Waals surface area contributed by atoms with Gasteiger partial charge in [0.1, 0.15) is 11.4 Å². The Morgan fingerprint density at radius 1 is 1.24 bits per heavy atom. The second-order valence-corrected chi connectivity index (χ2v) is 10.7. The predicted molar refractivity (Wildman–Crippen MR) is 140 cm³/mol. The van der Waals surface area contributed by atoms with E-state index < -0.39 is 17.5 Å². The van der Waals surface area contributed by atoms with Crippen molar-refractivity contribution in [2.75, 3.05) is 7.11 Å². The fraction of sp³-hybridized carbons (Fsp3) is 0.464. The zero-order valence-electron chi connectivity index (χ0n) is 21.8. The molecule has 1 aliphatic carbocycles. The zero-order chi connectivity index (χ0) is 27.0. The van der Waals surface area contributed by atoms with Crippen molar-refractivity contribution in [1.29, 1.82) is 0 Å². The number of carbonyl (C=O) groups is 2. The number of ether oxygens (including phenoxy) is 2. The van der Waals surface area contributed by atoms with Crippen LogP contribution in [-0.4, -0.2) is 49.3 Å². The molecule has 1 atom stereocenters. The molecule has 38 heavy (non-hydrogen) atoms. The van der Waals surface area contributed by atoms with E-state index in [-0.39, 0.29) is 30.1 Å². The number of hydrogen-bond acceptors (Lipinski definition) is 8. The van der Waals surface area contributed by atoms with E-state index in [4.69, 9.17) is 21.1 Å². The highest BCUT2D eigenvalue weighted by atomic mass is 35.5. The molecule has 1 aromatic carbocycles. The van der Waals surface area contributed by atoms with Gasteiger partial charge in [-0.15, -0.1) is 5.10 Å². The van der Waals surface area contributed by atoms with Crippen molar-refractivity contribution >= 4 is 29.3 Å². The van der Waals surface area contributed by atoms with Crippen LogP contribution in [0, 0.1) is 19.8 Å². The van der Waals surface area contributed by atoms with Crippen molar-refractivity contribution in [3.8, 4) is 0 Å². The summed E-state index contributed by atoms with van der Waals surface area (Å²) in [6.45, 7) is 3.80. The third kappa shape index (κ3) is 4.99.